The Labute approximate surface area is 140 Å². The summed E-state index contributed by atoms with van der Waals surface area (Å²) in [6.07, 6.45) is 6.15. The highest BCUT2D eigenvalue weighted by molar-refractivity contribution is 8.14. The minimum absolute atomic E-state index is 0.00628. The van der Waals surface area contributed by atoms with Crippen LogP contribution in [-0.2, 0) is 4.79 Å². The number of rotatable bonds is 2. The minimum Gasteiger partial charge on any atom is -0.361 e. The molecule has 0 aromatic heterocycles. The Bertz CT molecular complexity index is 681. The Balaban J connectivity index is 1.79. The number of carbonyl (C=O) groups is 1. The van der Waals surface area contributed by atoms with Crippen molar-refractivity contribution in [2.45, 2.75) is 37.4 Å². The van der Waals surface area contributed by atoms with Crippen LogP contribution in [0.5, 0.6) is 0 Å². The number of hydrogen-bond acceptors (Lipinski definition) is 5. The Morgan fingerprint density at radius 1 is 1.39 bits per heavy atom. The molecule has 1 amide bonds. The molecule has 1 unspecified atom stereocenters. The summed E-state index contributed by atoms with van der Waals surface area (Å²) in [7, 11) is 0. The summed E-state index contributed by atoms with van der Waals surface area (Å²) in [5.41, 5.74) is 1.82. The summed E-state index contributed by atoms with van der Waals surface area (Å²) in [6, 6.07) is 7.72. The fourth-order valence-corrected chi connectivity index (χ4v) is 4.35. The van der Waals surface area contributed by atoms with Crippen LogP contribution in [0.4, 0.5) is 5.69 Å². The fraction of sp³-hybridized carbons (Fsp3) is 0.412. The summed E-state index contributed by atoms with van der Waals surface area (Å²) in [4.78, 5) is 12.8. The smallest absolute Gasteiger partial charge is 0.255 e. The maximum Gasteiger partial charge on any atom is 0.255 e. The Morgan fingerprint density at radius 3 is 2.96 bits per heavy atom. The standard InChI is InChI=1S/C17H20N4OS/c1-2-11-23-16-18-15(22)14-12-7-3-4-8-13(12)19-17(21(14)20-16)9-5-6-10-17/h2-4,7-8,14,19H,1,5-6,9-11H2,(H,18,20,22). The molecular weight excluding hydrogens is 308 g/mol. The lowest BCUT2D eigenvalue weighted by Gasteiger charge is -2.50. The van der Waals surface area contributed by atoms with Gasteiger partial charge in [-0.25, -0.2) is 0 Å². The number of nitrogens with one attached hydrogen (secondary N) is 2. The second kappa shape index (κ2) is 5.60. The third-order valence-electron chi connectivity index (χ3n) is 4.75. The van der Waals surface area contributed by atoms with Crippen LogP contribution in [0.15, 0.2) is 42.0 Å². The molecule has 6 heteroatoms. The van der Waals surface area contributed by atoms with Crippen LogP contribution < -0.4 is 10.6 Å². The quantitative estimate of drug-likeness (QED) is 0.819. The van der Waals surface area contributed by atoms with E-state index < -0.39 is 0 Å². The molecule has 2 N–H and O–H groups in total. The van der Waals surface area contributed by atoms with E-state index in [4.69, 9.17) is 5.10 Å². The van der Waals surface area contributed by atoms with Crippen LogP contribution in [0.3, 0.4) is 0 Å². The van der Waals surface area contributed by atoms with E-state index in [1.807, 2.05) is 29.3 Å². The first-order chi connectivity index (χ1) is 11.2. The van der Waals surface area contributed by atoms with Crippen molar-refractivity contribution >= 4 is 28.5 Å². The van der Waals surface area contributed by atoms with Crippen LogP contribution in [0.25, 0.3) is 0 Å². The van der Waals surface area contributed by atoms with Crippen molar-refractivity contribution in [1.29, 1.82) is 0 Å². The van der Waals surface area contributed by atoms with E-state index in [0.29, 0.717) is 5.17 Å². The van der Waals surface area contributed by atoms with Gasteiger partial charge in [0.05, 0.1) is 0 Å². The first-order valence-electron chi connectivity index (χ1n) is 8.03. The van der Waals surface area contributed by atoms with Crippen molar-refractivity contribution in [3.05, 3.63) is 42.5 Å². The van der Waals surface area contributed by atoms with Gasteiger partial charge in [0, 0.05) is 17.0 Å². The number of amides is 1. The summed E-state index contributed by atoms with van der Waals surface area (Å²) < 4.78 is 0. The Kier molecular flexibility index (Phi) is 3.56. The van der Waals surface area contributed by atoms with E-state index in [2.05, 4.69) is 23.3 Å². The molecule has 0 radical (unpaired) electrons. The average Bonchev–Trinajstić information content (AvgIpc) is 3.02. The van der Waals surface area contributed by atoms with Crippen LogP contribution >= 0.6 is 11.8 Å². The maximum atomic E-state index is 12.8. The molecule has 1 aromatic carbocycles. The fourth-order valence-electron chi connectivity index (χ4n) is 3.76. The molecule has 3 aliphatic rings. The monoisotopic (exact) mass is 328 g/mol. The second-order valence-corrected chi connectivity index (χ2v) is 7.20. The van der Waals surface area contributed by atoms with E-state index in [9.17, 15) is 4.79 Å². The first-order valence-corrected chi connectivity index (χ1v) is 9.02. The lowest BCUT2D eigenvalue weighted by Crippen LogP contribution is -2.60. The third kappa shape index (κ3) is 2.32. The molecule has 1 spiro atoms. The number of thioether (sulfide) groups is 1. The summed E-state index contributed by atoms with van der Waals surface area (Å²) in [6.45, 7) is 3.73. The number of nitrogens with zero attached hydrogens (tertiary/aromatic N) is 2. The summed E-state index contributed by atoms with van der Waals surface area (Å²) in [5.74, 6) is 0.737. The van der Waals surface area contributed by atoms with Gasteiger partial charge >= 0.3 is 0 Å². The third-order valence-corrected chi connectivity index (χ3v) is 5.61. The second-order valence-electron chi connectivity index (χ2n) is 6.19. The van der Waals surface area contributed by atoms with E-state index in [1.54, 1.807) is 0 Å². The molecule has 1 atom stereocenters. The zero-order valence-electron chi connectivity index (χ0n) is 12.9. The van der Waals surface area contributed by atoms with Gasteiger partial charge in [0.25, 0.3) is 5.91 Å². The molecule has 0 bridgehead atoms. The number of fused-ring (bicyclic) bond motifs is 4. The largest absolute Gasteiger partial charge is 0.361 e. The number of amidine groups is 1. The van der Waals surface area contributed by atoms with Gasteiger partial charge in [0.1, 0.15) is 5.66 Å². The predicted octanol–water partition coefficient (Wildman–Crippen LogP) is 3.05. The van der Waals surface area contributed by atoms with Gasteiger partial charge in [0.2, 0.25) is 0 Å². The molecule has 4 rings (SSSR count). The van der Waals surface area contributed by atoms with Gasteiger partial charge < -0.3 is 10.6 Å². The average molecular weight is 328 g/mol. The predicted molar refractivity (Wildman–Crippen MR) is 94.1 cm³/mol. The number of carbonyl (C=O) groups excluding carboxylic acids is 1. The van der Waals surface area contributed by atoms with E-state index in [-0.39, 0.29) is 17.6 Å². The highest BCUT2D eigenvalue weighted by Gasteiger charge is 2.51. The van der Waals surface area contributed by atoms with Gasteiger partial charge in [-0.3, -0.25) is 9.80 Å². The topological polar surface area (TPSA) is 56.7 Å². The zero-order chi connectivity index (χ0) is 15.9. The zero-order valence-corrected chi connectivity index (χ0v) is 13.7. The van der Waals surface area contributed by atoms with Crippen LogP contribution in [0.2, 0.25) is 0 Å². The highest BCUT2D eigenvalue weighted by atomic mass is 32.2. The van der Waals surface area contributed by atoms with Gasteiger partial charge in [-0.15, -0.1) is 11.7 Å². The molecule has 23 heavy (non-hydrogen) atoms. The van der Waals surface area contributed by atoms with Crippen molar-refractivity contribution < 1.29 is 4.79 Å². The summed E-state index contributed by atoms with van der Waals surface area (Å²) in [5, 5.41) is 14.1. The SMILES string of the molecule is C=CCSC1=NN2C(C(=O)N1)c1ccccc1NC21CCCC1. The van der Waals surface area contributed by atoms with Crippen molar-refractivity contribution in [3.63, 3.8) is 0 Å². The minimum atomic E-state index is -0.348. The maximum absolute atomic E-state index is 12.8. The molecule has 5 nitrogen and oxygen atoms in total. The molecule has 2 heterocycles. The Morgan fingerprint density at radius 2 is 2.17 bits per heavy atom. The van der Waals surface area contributed by atoms with Crippen molar-refractivity contribution in [2.75, 3.05) is 11.1 Å². The molecule has 1 aromatic rings. The van der Waals surface area contributed by atoms with Gasteiger partial charge in [-0.05, 0) is 31.7 Å². The van der Waals surface area contributed by atoms with Gasteiger partial charge in [0.15, 0.2) is 11.2 Å². The lowest BCUT2D eigenvalue weighted by atomic mass is 9.93. The van der Waals surface area contributed by atoms with E-state index in [0.717, 1.165) is 42.7 Å². The van der Waals surface area contributed by atoms with E-state index >= 15 is 0 Å². The molecule has 1 fully saturated rings. The van der Waals surface area contributed by atoms with E-state index in [1.165, 1.54) is 11.8 Å². The highest BCUT2D eigenvalue weighted by Crippen LogP contribution is 2.47. The molecule has 0 saturated heterocycles. The first kappa shape index (κ1) is 14.6. The van der Waals surface area contributed by atoms with Gasteiger partial charge in [-0.2, -0.15) is 0 Å². The Hall–Kier alpha value is -1.95. The van der Waals surface area contributed by atoms with Crippen molar-refractivity contribution in [1.82, 2.24) is 10.3 Å². The van der Waals surface area contributed by atoms with Crippen LogP contribution in [0, 0.1) is 0 Å². The number of para-hydroxylation sites is 1. The molecular formula is C17H20N4OS. The molecule has 2 aliphatic heterocycles. The van der Waals surface area contributed by atoms with Crippen molar-refractivity contribution in [2.24, 2.45) is 5.10 Å². The number of anilines is 1. The van der Waals surface area contributed by atoms with Crippen molar-refractivity contribution in [3.8, 4) is 0 Å². The molecule has 1 aliphatic carbocycles. The normalized spacial score (nSPS) is 24.3. The molecule has 120 valence electrons. The molecule has 1 saturated carbocycles. The van der Waals surface area contributed by atoms with Crippen LogP contribution in [-0.4, -0.2) is 27.5 Å². The van der Waals surface area contributed by atoms with Crippen LogP contribution in [0.1, 0.15) is 37.3 Å². The lowest BCUT2D eigenvalue weighted by molar-refractivity contribution is -0.129. The number of benzene rings is 1. The summed E-state index contributed by atoms with van der Waals surface area (Å²) >= 11 is 1.51. The number of hydrazone groups is 1. The van der Waals surface area contributed by atoms with Gasteiger partial charge in [-0.1, -0.05) is 36.0 Å². The number of hydrogen-bond donors (Lipinski definition) is 2.